The van der Waals surface area contributed by atoms with Gasteiger partial charge >= 0.3 is 0 Å². The van der Waals surface area contributed by atoms with E-state index in [2.05, 4.69) is 20.3 Å². The Hall–Kier alpha value is -2.30. The molecule has 1 aromatic heterocycles. The lowest BCUT2D eigenvalue weighted by Gasteiger charge is -2.08. The smallest absolute Gasteiger partial charge is 0.253 e. The molecule has 0 aliphatic rings. The van der Waals surface area contributed by atoms with Crippen LogP contribution in [0.3, 0.4) is 0 Å². The topological polar surface area (TPSA) is 67.2 Å². The minimum atomic E-state index is -0.141. The highest BCUT2D eigenvalue weighted by atomic mass is 16.5. The fraction of sp³-hybridized carbons (Fsp3) is 0.167. The lowest BCUT2D eigenvalue weighted by Crippen LogP contribution is -2.23. The summed E-state index contributed by atoms with van der Waals surface area (Å²) < 4.78 is 4.68. The van der Waals surface area contributed by atoms with Crippen LogP contribution >= 0.6 is 0 Å². The van der Waals surface area contributed by atoms with Gasteiger partial charge in [0.2, 0.25) is 0 Å². The molecule has 2 aromatic rings. The molecule has 0 fully saturated rings. The van der Waals surface area contributed by atoms with E-state index in [1.165, 1.54) is 6.26 Å². The Morgan fingerprint density at radius 1 is 1.35 bits per heavy atom. The van der Waals surface area contributed by atoms with Crippen LogP contribution in [0.25, 0.3) is 0 Å². The van der Waals surface area contributed by atoms with Gasteiger partial charge in [-0.3, -0.25) is 4.79 Å². The molecule has 0 aliphatic carbocycles. The normalized spacial score (nSPS) is 9.94. The number of hydrogen-bond acceptors (Lipinski definition) is 4. The van der Waals surface area contributed by atoms with Gasteiger partial charge in [0.05, 0.1) is 12.1 Å². The van der Waals surface area contributed by atoms with Crippen molar-refractivity contribution >= 4 is 11.6 Å². The average molecular weight is 231 g/mol. The fourth-order valence-corrected chi connectivity index (χ4v) is 1.49. The van der Waals surface area contributed by atoms with E-state index in [0.717, 1.165) is 5.69 Å². The number of benzene rings is 1. The number of aromatic nitrogens is 1. The van der Waals surface area contributed by atoms with Gasteiger partial charge in [0, 0.05) is 18.8 Å². The van der Waals surface area contributed by atoms with Crippen molar-refractivity contribution in [2.75, 3.05) is 12.4 Å². The van der Waals surface area contributed by atoms with E-state index in [9.17, 15) is 4.79 Å². The summed E-state index contributed by atoms with van der Waals surface area (Å²) in [5, 5.41) is 9.47. The van der Waals surface area contributed by atoms with Gasteiger partial charge in [-0.2, -0.15) is 0 Å². The van der Waals surface area contributed by atoms with Crippen LogP contribution in [0, 0.1) is 0 Å². The number of rotatable bonds is 4. The molecule has 0 spiro atoms. The number of nitrogens with one attached hydrogen (secondary N) is 2. The maximum absolute atomic E-state index is 11.9. The van der Waals surface area contributed by atoms with Crippen LogP contribution in [-0.2, 0) is 6.54 Å². The van der Waals surface area contributed by atoms with Crippen LogP contribution < -0.4 is 10.6 Å². The van der Waals surface area contributed by atoms with Crippen molar-refractivity contribution < 1.29 is 9.32 Å². The zero-order valence-corrected chi connectivity index (χ0v) is 9.43. The Morgan fingerprint density at radius 3 is 2.88 bits per heavy atom. The van der Waals surface area contributed by atoms with E-state index < -0.39 is 0 Å². The zero-order chi connectivity index (χ0) is 12.1. The first-order valence-corrected chi connectivity index (χ1v) is 5.25. The van der Waals surface area contributed by atoms with Crippen LogP contribution in [0.5, 0.6) is 0 Å². The summed E-state index contributed by atoms with van der Waals surface area (Å²) in [6, 6.07) is 9.03. The number of carbonyl (C=O) groups is 1. The van der Waals surface area contributed by atoms with Gasteiger partial charge in [-0.15, -0.1) is 0 Å². The molecule has 17 heavy (non-hydrogen) atoms. The third-order valence-electron chi connectivity index (χ3n) is 2.36. The second-order valence-corrected chi connectivity index (χ2v) is 3.47. The molecule has 0 saturated heterocycles. The van der Waals surface area contributed by atoms with Gasteiger partial charge in [-0.1, -0.05) is 17.3 Å². The predicted molar refractivity (Wildman–Crippen MR) is 63.7 cm³/mol. The molecule has 0 saturated carbocycles. The Morgan fingerprint density at radius 2 is 2.18 bits per heavy atom. The maximum atomic E-state index is 11.9. The first-order chi connectivity index (χ1) is 8.31. The molecule has 1 heterocycles. The summed E-state index contributed by atoms with van der Waals surface area (Å²) in [5.41, 5.74) is 2.10. The molecular formula is C12H13N3O2. The van der Waals surface area contributed by atoms with Gasteiger partial charge in [0.1, 0.15) is 12.0 Å². The second kappa shape index (κ2) is 5.16. The van der Waals surface area contributed by atoms with Crippen LogP contribution in [0.2, 0.25) is 0 Å². The summed E-state index contributed by atoms with van der Waals surface area (Å²) in [6.07, 6.45) is 1.48. The standard InChI is InChI=1S/C12H13N3O2/c1-13-11-5-3-2-4-10(11)12(16)14-8-9-6-7-17-15-9/h2-7,13H,8H2,1H3,(H,14,16). The Bertz CT molecular complexity index is 494. The van der Waals surface area contributed by atoms with Crippen molar-refractivity contribution in [3.05, 3.63) is 47.9 Å². The molecule has 1 aromatic carbocycles. The molecule has 0 bridgehead atoms. The molecule has 0 unspecified atom stereocenters. The summed E-state index contributed by atoms with van der Waals surface area (Å²) in [6.45, 7) is 0.355. The Balaban J connectivity index is 2.04. The van der Waals surface area contributed by atoms with E-state index in [1.807, 2.05) is 18.2 Å². The zero-order valence-electron chi connectivity index (χ0n) is 9.43. The van der Waals surface area contributed by atoms with Crippen LogP contribution in [0.15, 0.2) is 41.1 Å². The molecule has 0 aliphatic heterocycles. The van der Waals surface area contributed by atoms with Crippen molar-refractivity contribution in [3.63, 3.8) is 0 Å². The highest BCUT2D eigenvalue weighted by Crippen LogP contribution is 2.13. The lowest BCUT2D eigenvalue weighted by atomic mass is 10.1. The number of nitrogens with zero attached hydrogens (tertiary/aromatic N) is 1. The van der Waals surface area contributed by atoms with Crippen molar-refractivity contribution in [2.24, 2.45) is 0 Å². The number of anilines is 1. The summed E-state index contributed by atoms with van der Waals surface area (Å²) in [4.78, 5) is 11.9. The van der Waals surface area contributed by atoms with Gasteiger partial charge in [0.15, 0.2) is 0 Å². The molecule has 88 valence electrons. The number of carbonyl (C=O) groups excluding carboxylic acids is 1. The minimum Gasteiger partial charge on any atom is -0.387 e. The summed E-state index contributed by atoms with van der Waals surface area (Å²) in [5.74, 6) is -0.141. The Kier molecular flexibility index (Phi) is 3.40. The van der Waals surface area contributed by atoms with Crippen LogP contribution in [0.1, 0.15) is 16.1 Å². The van der Waals surface area contributed by atoms with E-state index >= 15 is 0 Å². The third kappa shape index (κ3) is 2.63. The summed E-state index contributed by atoms with van der Waals surface area (Å²) >= 11 is 0. The maximum Gasteiger partial charge on any atom is 0.253 e. The van der Waals surface area contributed by atoms with Gasteiger partial charge in [0.25, 0.3) is 5.91 Å². The van der Waals surface area contributed by atoms with E-state index in [-0.39, 0.29) is 5.91 Å². The molecular weight excluding hydrogens is 218 g/mol. The second-order valence-electron chi connectivity index (χ2n) is 3.47. The van der Waals surface area contributed by atoms with Crippen molar-refractivity contribution in [2.45, 2.75) is 6.54 Å². The highest BCUT2D eigenvalue weighted by Gasteiger charge is 2.09. The molecule has 0 atom stereocenters. The van der Waals surface area contributed by atoms with Crippen molar-refractivity contribution in [1.82, 2.24) is 10.5 Å². The largest absolute Gasteiger partial charge is 0.387 e. The SMILES string of the molecule is CNc1ccccc1C(=O)NCc1ccon1. The van der Waals surface area contributed by atoms with Crippen molar-refractivity contribution in [3.8, 4) is 0 Å². The average Bonchev–Trinajstić information content (AvgIpc) is 2.89. The predicted octanol–water partition coefficient (Wildman–Crippen LogP) is 1.65. The number of amides is 1. The van der Waals surface area contributed by atoms with Gasteiger partial charge < -0.3 is 15.2 Å². The number of para-hydroxylation sites is 1. The third-order valence-corrected chi connectivity index (χ3v) is 2.36. The lowest BCUT2D eigenvalue weighted by molar-refractivity contribution is 0.0951. The fourth-order valence-electron chi connectivity index (χ4n) is 1.49. The van der Waals surface area contributed by atoms with E-state index in [1.54, 1.807) is 19.2 Å². The first-order valence-electron chi connectivity index (χ1n) is 5.25. The van der Waals surface area contributed by atoms with E-state index in [4.69, 9.17) is 0 Å². The quantitative estimate of drug-likeness (QED) is 0.839. The molecule has 2 N–H and O–H groups in total. The highest BCUT2D eigenvalue weighted by molar-refractivity contribution is 5.99. The molecule has 2 rings (SSSR count). The monoisotopic (exact) mass is 231 g/mol. The Labute approximate surface area is 98.8 Å². The van der Waals surface area contributed by atoms with E-state index in [0.29, 0.717) is 17.8 Å². The first kappa shape index (κ1) is 11.2. The summed E-state index contributed by atoms with van der Waals surface area (Å²) in [7, 11) is 1.78. The van der Waals surface area contributed by atoms with Crippen LogP contribution in [-0.4, -0.2) is 18.1 Å². The minimum absolute atomic E-state index is 0.141. The molecule has 0 radical (unpaired) electrons. The molecule has 1 amide bonds. The van der Waals surface area contributed by atoms with Gasteiger partial charge in [-0.25, -0.2) is 0 Å². The van der Waals surface area contributed by atoms with Crippen molar-refractivity contribution in [1.29, 1.82) is 0 Å². The van der Waals surface area contributed by atoms with Crippen LogP contribution in [0.4, 0.5) is 5.69 Å². The number of hydrogen-bond donors (Lipinski definition) is 2. The molecule has 5 heteroatoms. The molecule has 5 nitrogen and oxygen atoms in total. The van der Waals surface area contributed by atoms with Gasteiger partial charge in [-0.05, 0) is 12.1 Å².